The smallest absolute Gasteiger partial charge is 0.253 e. The molecule has 0 N–H and O–H groups in total. The Morgan fingerprint density at radius 1 is 1.03 bits per heavy atom. The molecule has 2 aromatic carbocycles. The zero-order chi connectivity index (χ0) is 25.1. The molecule has 1 saturated heterocycles. The van der Waals surface area contributed by atoms with E-state index in [1.807, 2.05) is 24.0 Å². The van der Waals surface area contributed by atoms with Gasteiger partial charge in [-0.1, -0.05) is 43.1 Å². The van der Waals surface area contributed by atoms with E-state index in [1.165, 1.54) is 24.3 Å². The van der Waals surface area contributed by atoms with Gasteiger partial charge in [-0.15, -0.1) is 0 Å². The fraction of sp³-hybridized carbons (Fsp3) is 0.370. The van der Waals surface area contributed by atoms with Crippen LogP contribution in [0.15, 0.2) is 42.5 Å². The summed E-state index contributed by atoms with van der Waals surface area (Å²) >= 11 is 12.6. The predicted octanol–water partition coefficient (Wildman–Crippen LogP) is 5.98. The maximum Gasteiger partial charge on any atom is 0.253 e. The molecule has 1 aliphatic heterocycles. The van der Waals surface area contributed by atoms with Gasteiger partial charge in [0.05, 0.1) is 0 Å². The van der Waals surface area contributed by atoms with Crippen LogP contribution in [0.1, 0.15) is 46.9 Å². The number of hydrogen-bond acceptors (Lipinski definition) is 4. The lowest BCUT2D eigenvalue weighted by Gasteiger charge is -2.36. The Kier molecular flexibility index (Phi) is 7.92. The summed E-state index contributed by atoms with van der Waals surface area (Å²) in [7, 11) is 0. The van der Waals surface area contributed by atoms with Gasteiger partial charge in [0.1, 0.15) is 17.5 Å². The molecule has 0 unspecified atom stereocenters. The van der Waals surface area contributed by atoms with Crippen molar-refractivity contribution in [3.63, 3.8) is 0 Å². The summed E-state index contributed by atoms with van der Waals surface area (Å²) in [5.74, 6) is 1.72. The molecule has 0 aliphatic carbocycles. The molecule has 0 atom stereocenters. The number of rotatable bonds is 6. The SMILES string of the molecule is Cc1nc(CC(C)C)nc(N2CCN(C(=O)c3ccc(F)cc3)CC2)c1Cc1ccc(Cl)cc1Cl. The number of amides is 1. The lowest BCUT2D eigenvalue weighted by Crippen LogP contribution is -2.49. The van der Waals surface area contributed by atoms with Gasteiger partial charge in [0.15, 0.2) is 0 Å². The van der Waals surface area contributed by atoms with E-state index in [2.05, 4.69) is 18.7 Å². The van der Waals surface area contributed by atoms with Crippen LogP contribution in [0.25, 0.3) is 0 Å². The van der Waals surface area contributed by atoms with Crippen LogP contribution in [-0.2, 0) is 12.8 Å². The van der Waals surface area contributed by atoms with E-state index >= 15 is 0 Å². The molecule has 4 rings (SSSR count). The van der Waals surface area contributed by atoms with Crippen LogP contribution in [0, 0.1) is 18.7 Å². The molecule has 0 radical (unpaired) electrons. The molecule has 1 fully saturated rings. The predicted molar refractivity (Wildman–Crippen MR) is 139 cm³/mol. The third-order valence-electron chi connectivity index (χ3n) is 6.17. The average molecular weight is 515 g/mol. The van der Waals surface area contributed by atoms with Crippen molar-refractivity contribution < 1.29 is 9.18 Å². The van der Waals surface area contributed by atoms with Crippen LogP contribution in [0.5, 0.6) is 0 Å². The Morgan fingerprint density at radius 3 is 2.34 bits per heavy atom. The zero-order valence-corrected chi connectivity index (χ0v) is 21.7. The van der Waals surface area contributed by atoms with Crippen LogP contribution >= 0.6 is 23.2 Å². The molecule has 2 heterocycles. The number of aryl methyl sites for hydroxylation is 1. The number of aromatic nitrogens is 2. The topological polar surface area (TPSA) is 49.3 Å². The molecule has 35 heavy (non-hydrogen) atoms. The molecule has 0 saturated carbocycles. The van der Waals surface area contributed by atoms with Crippen molar-refractivity contribution in [2.24, 2.45) is 5.92 Å². The third kappa shape index (κ3) is 6.11. The Balaban J connectivity index is 1.59. The first-order valence-corrected chi connectivity index (χ1v) is 12.6. The fourth-order valence-corrected chi connectivity index (χ4v) is 4.79. The number of halogens is 3. The number of carbonyl (C=O) groups excluding carboxylic acids is 1. The highest BCUT2D eigenvalue weighted by Crippen LogP contribution is 2.30. The molecule has 184 valence electrons. The van der Waals surface area contributed by atoms with E-state index in [9.17, 15) is 9.18 Å². The standard InChI is InChI=1S/C27H29Cl2FN4O/c1-17(2)14-25-31-18(3)23(15-20-4-7-21(28)16-24(20)29)26(32-25)33-10-12-34(13-11-33)27(35)19-5-8-22(30)9-6-19/h4-9,16-17H,10-15H2,1-3H3. The molecule has 1 aromatic heterocycles. The van der Waals surface area contributed by atoms with Crippen molar-refractivity contribution in [2.45, 2.75) is 33.6 Å². The number of benzene rings is 2. The van der Waals surface area contributed by atoms with Crippen LogP contribution in [0.3, 0.4) is 0 Å². The first kappa shape index (κ1) is 25.4. The molecule has 8 heteroatoms. The Morgan fingerprint density at radius 2 is 1.71 bits per heavy atom. The quantitative estimate of drug-likeness (QED) is 0.405. The Labute approximate surface area is 215 Å². The van der Waals surface area contributed by atoms with Gasteiger partial charge in [0.2, 0.25) is 0 Å². The number of anilines is 1. The third-order valence-corrected chi connectivity index (χ3v) is 6.76. The number of piperazine rings is 1. The monoisotopic (exact) mass is 514 g/mol. The molecule has 0 spiro atoms. The summed E-state index contributed by atoms with van der Waals surface area (Å²) in [6, 6.07) is 11.2. The van der Waals surface area contributed by atoms with Gasteiger partial charge in [-0.3, -0.25) is 4.79 Å². The van der Waals surface area contributed by atoms with Crippen LogP contribution in [0.2, 0.25) is 10.0 Å². The summed E-state index contributed by atoms with van der Waals surface area (Å²) in [6.45, 7) is 8.72. The van der Waals surface area contributed by atoms with Crippen LogP contribution < -0.4 is 4.90 Å². The fourth-order valence-electron chi connectivity index (χ4n) is 4.31. The number of nitrogens with zero attached hydrogens (tertiary/aromatic N) is 4. The van der Waals surface area contributed by atoms with E-state index < -0.39 is 0 Å². The van der Waals surface area contributed by atoms with E-state index in [4.69, 9.17) is 33.2 Å². The Hall–Kier alpha value is -2.70. The maximum atomic E-state index is 13.3. The molecular formula is C27H29Cl2FN4O. The number of hydrogen-bond donors (Lipinski definition) is 0. The minimum atomic E-state index is -0.351. The van der Waals surface area contributed by atoms with E-state index in [0.717, 1.165) is 34.9 Å². The summed E-state index contributed by atoms with van der Waals surface area (Å²) in [6.07, 6.45) is 1.38. The second kappa shape index (κ2) is 10.9. The summed E-state index contributed by atoms with van der Waals surface area (Å²) in [4.78, 5) is 26.7. The molecule has 5 nitrogen and oxygen atoms in total. The maximum absolute atomic E-state index is 13.3. The van der Waals surface area contributed by atoms with Gasteiger partial charge >= 0.3 is 0 Å². The van der Waals surface area contributed by atoms with Gasteiger partial charge in [-0.05, 0) is 54.8 Å². The highest BCUT2D eigenvalue weighted by molar-refractivity contribution is 6.35. The van der Waals surface area contributed by atoms with E-state index in [1.54, 1.807) is 6.07 Å². The summed E-state index contributed by atoms with van der Waals surface area (Å²) < 4.78 is 13.3. The van der Waals surface area contributed by atoms with Crippen molar-refractivity contribution in [2.75, 3.05) is 31.1 Å². The van der Waals surface area contributed by atoms with Crippen molar-refractivity contribution in [1.29, 1.82) is 0 Å². The first-order valence-electron chi connectivity index (χ1n) is 11.8. The second-order valence-electron chi connectivity index (χ2n) is 9.32. The summed E-state index contributed by atoms with van der Waals surface area (Å²) in [5, 5.41) is 1.21. The van der Waals surface area contributed by atoms with Gasteiger partial charge in [-0.2, -0.15) is 0 Å². The lowest BCUT2D eigenvalue weighted by molar-refractivity contribution is 0.0746. The molecule has 1 amide bonds. The molecule has 0 bridgehead atoms. The normalized spacial score (nSPS) is 14.0. The lowest BCUT2D eigenvalue weighted by atomic mass is 10.0. The molecule has 1 aliphatic rings. The van der Waals surface area contributed by atoms with Gasteiger partial charge in [-0.25, -0.2) is 14.4 Å². The Bertz CT molecular complexity index is 1210. The van der Waals surface area contributed by atoms with Gasteiger partial charge in [0.25, 0.3) is 5.91 Å². The highest BCUT2D eigenvalue weighted by atomic mass is 35.5. The summed E-state index contributed by atoms with van der Waals surface area (Å²) in [5.41, 5.74) is 3.42. The van der Waals surface area contributed by atoms with Gasteiger partial charge in [0, 0.05) is 65.9 Å². The van der Waals surface area contributed by atoms with E-state index in [0.29, 0.717) is 54.1 Å². The minimum absolute atomic E-state index is 0.0859. The van der Waals surface area contributed by atoms with Crippen molar-refractivity contribution >= 4 is 34.9 Å². The number of carbonyl (C=O) groups is 1. The largest absolute Gasteiger partial charge is 0.353 e. The second-order valence-corrected chi connectivity index (χ2v) is 10.2. The zero-order valence-electron chi connectivity index (χ0n) is 20.2. The molecular weight excluding hydrogens is 486 g/mol. The van der Waals surface area contributed by atoms with Crippen LogP contribution in [0.4, 0.5) is 10.2 Å². The average Bonchev–Trinajstić information content (AvgIpc) is 2.82. The minimum Gasteiger partial charge on any atom is -0.353 e. The van der Waals surface area contributed by atoms with Crippen molar-refractivity contribution in [1.82, 2.24) is 14.9 Å². The highest BCUT2D eigenvalue weighted by Gasteiger charge is 2.26. The molecule has 3 aromatic rings. The van der Waals surface area contributed by atoms with Crippen molar-refractivity contribution in [3.8, 4) is 0 Å². The van der Waals surface area contributed by atoms with Crippen LogP contribution in [-0.4, -0.2) is 47.0 Å². The van der Waals surface area contributed by atoms with Crippen molar-refractivity contribution in [3.05, 3.63) is 86.5 Å². The first-order chi connectivity index (χ1) is 16.7. The van der Waals surface area contributed by atoms with Gasteiger partial charge < -0.3 is 9.80 Å². The van der Waals surface area contributed by atoms with E-state index in [-0.39, 0.29) is 11.7 Å².